The lowest BCUT2D eigenvalue weighted by Crippen LogP contribution is -1.94. The molecular formula is C15H14N4O2. The number of aromatic nitrogens is 2. The van der Waals surface area contributed by atoms with Crippen molar-refractivity contribution in [3.63, 3.8) is 0 Å². The highest BCUT2D eigenvalue weighted by molar-refractivity contribution is 5.85. The van der Waals surface area contributed by atoms with E-state index in [9.17, 15) is 10.1 Å². The molecule has 3 N–H and O–H groups in total. The lowest BCUT2D eigenvalue weighted by molar-refractivity contribution is -0.384. The van der Waals surface area contributed by atoms with Gasteiger partial charge in [-0.05, 0) is 37.1 Å². The normalized spacial score (nSPS) is 11.0. The molecule has 6 nitrogen and oxygen atoms in total. The molecular weight excluding hydrogens is 268 g/mol. The summed E-state index contributed by atoms with van der Waals surface area (Å²) in [6.07, 6.45) is 0. The Morgan fingerprint density at radius 3 is 2.67 bits per heavy atom. The maximum atomic E-state index is 10.8. The second kappa shape index (κ2) is 4.59. The lowest BCUT2D eigenvalue weighted by Gasteiger charge is -2.01. The van der Waals surface area contributed by atoms with Crippen LogP contribution in [0.1, 0.15) is 11.1 Å². The van der Waals surface area contributed by atoms with Gasteiger partial charge in [0.25, 0.3) is 5.69 Å². The molecule has 0 amide bonds. The number of nitrogen functional groups attached to an aromatic ring is 1. The first-order valence-corrected chi connectivity index (χ1v) is 6.47. The second-order valence-electron chi connectivity index (χ2n) is 5.09. The molecule has 0 fully saturated rings. The van der Waals surface area contributed by atoms with E-state index in [1.807, 2.05) is 19.9 Å². The van der Waals surface area contributed by atoms with Gasteiger partial charge in [-0.15, -0.1) is 0 Å². The van der Waals surface area contributed by atoms with E-state index in [0.29, 0.717) is 17.1 Å². The van der Waals surface area contributed by atoms with E-state index in [-0.39, 0.29) is 5.69 Å². The predicted molar refractivity (Wildman–Crippen MR) is 82.1 cm³/mol. The molecule has 0 bridgehead atoms. The number of aryl methyl sites for hydroxylation is 2. The summed E-state index contributed by atoms with van der Waals surface area (Å²) in [5, 5.41) is 10.8. The Bertz CT molecular complexity index is 867. The van der Waals surface area contributed by atoms with Crippen LogP contribution in [0.3, 0.4) is 0 Å². The number of aromatic amines is 1. The van der Waals surface area contributed by atoms with Crippen molar-refractivity contribution < 1.29 is 4.92 Å². The monoisotopic (exact) mass is 282 g/mol. The summed E-state index contributed by atoms with van der Waals surface area (Å²) in [7, 11) is 0. The first kappa shape index (κ1) is 13.1. The van der Waals surface area contributed by atoms with Crippen LogP contribution in [-0.2, 0) is 0 Å². The van der Waals surface area contributed by atoms with Crippen LogP contribution in [-0.4, -0.2) is 14.9 Å². The molecule has 6 heteroatoms. The van der Waals surface area contributed by atoms with E-state index in [4.69, 9.17) is 5.73 Å². The first-order chi connectivity index (χ1) is 9.95. The smallest absolute Gasteiger partial charge is 0.271 e. The quantitative estimate of drug-likeness (QED) is 0.428. The predicted octanol–water partition coefficient (Wildman–Crippen LogP) is 3.34. The fourth-order valence-electron chi connectivity index (χ4n) is 2.48. The topological polar surface area (TPSA) is 97.8 Å². The molecule has 1 heterocycles. The number of non-ortho nitro benzene ring substituents is 1. The molecule has 0 saturated carbocycles. The lowest BCUT2D eigenvalue weighted by atomic mass is 10.1. The van der Waals surface area contributed by atoms with Gasteiger partial charge in [-0.1, -0.05) is 6.07 Å². The Balaban J connectivity index is 2.17. The zero-order valence-electron chi connectivity index (χ0n) is 11.7. The first-order valence-electron chi connectivity index (χ1n) is 6.47. The van der Waals surface area contributed by atoms with Gasteiger partial charge in [-0.2, -0.15) is 0 Å². The molecule has 21 heavy (non-hydrogen) atoms. The molecule has 0 radical (unpaired) electrons. The molecule has 106 valence electrons. The molecule has 0 atom stereocenters. The summed E-state index contributed by atoms with van der Waals surface area (Å²) < 4.78 is 0. The number of nitro benzene ring substituents is 1. The zero-order chi connectivity index (χ0) is 15.1. The van der Waals surface area contributed by atoms with Gasteiger partial charge < -0.3 is 10.7 Å². The van der Waals surface area contributed by atoms with E-state index in [2.05, 4.69) is 16.0 Å². The van der Waals surface area contributed by atoms with Crippen LogP contribution in [0, 0.1) is 24.0 Å². The van der Waals surface area contributed by atoms with E-state index >= 15 is 0 Å². The Kier molecular flexibility index (Phi) is 2.86. The van der Waals surface area contributed by atoms with Crippen LogP contribution < -0.4 is 5.73 Å². The SMILES string of the molecule is Cc1cc(C)c2nc(-c3ccc([N+](=O)[O-])cc3N)[nH]c2c1. The van der Waals surface area contributed by atoms with Gasteiger partial charge in [0.1, 0.15) is 5.82 Å². The number of H-pyrrole nitrogens is 1. The van der Waals surface area contributed by atoms with Crippen LogP contribution in [0.15, 0.2) is 30.3 Å². The maximum Gasteiger partial charge on any atom is 0.271 e. The highest BCUT2D eigenvalue weighted by Gasteiger charge is 2.13. The third-order valence-corrected chi connectivity index (χ3v) is 3.42. The van der Waals surface area contributed by atoms with E-state index in [1.54, 1.807) is 6.07 Å². The Morgan fingerprint density at radius 1 is 1.24 bits per heavy atom. The van der Waals surface area contributed by atoms with Crippen molar-refractivity contribution in [3.8, 4) is 11.4 Å². The average Bonchev–Trinajstić information content (AvgIpc) is 2.82. The minimum atomic E-state index is -0.466. The van der Waals surface area contributed by atoms with E-state index in [0.717, 1.165) is 22.2 Å². The Labute approximate surface area is 120 Å². The van der Waals surface area contributed by atoms with Crippen LogP contribution in [0.5, 0.6) is 0 Å². The summed E-state index contributed by atoms with van der Waals surface area (Å²) >= 11 is 0. The molecule has 3 aromatic rings. The molecule has 0 aliphatic heterocycles. The van der Waals surface area contributed by atoms with Crippen molar-refractivity contribution in [2.75, 3.05) is 5.73 Å². The van der Waals surface area contributed by atoms with Gasteiger partial charge in [0.05, 0.1) is 16.0 Å². The summed E-state index contributed by atoms with van der Waals surface area (Å²) in [5.41, 5.74) is 10.9. The highest BCUT2D eigenvalue weighted by atomic mass is 16.6. The van der Waals surface area contributed by atoms with Crippen LogP contribution in [0.4, 0.5) is 11.4 Å². The van der Waals surface area contributed by atoms with Crippen molar-refractivity contribution in [1.82, 2.24) is 9.97 Å². The standard InChI is InChI=1S/C15H14N4O2/c1-8-5-9(2)14-13(6-8)17-15(18-14)11-4-3-10(19(20)21)7-12(11)16/h3-7H,16H2,1-2H3,(H,17,18). The van der Waals surface area contributed by atoms with Gasteiger partial charge in [0.15, 0.2) is 0 Å². The van der Waals surface area contributed by atoms with Crippen molar-refractivity contribution in [1.29, 1.82) is 0 Å². The Hall–Kier alpha value is -2.89. The third kappa shape index (κ3) is 2.20. The number of benzene rings is 2. The molecule has 0 spiro atoms. The fraction of sp³-hybridized carbons (Fsp3) is 0.133. The Morgan fingerprint density at radius 2 is 2.00 bits per heavy atom. The second-order valence-corrected chi connectivity index (χ2v) is 5.09. The summed E-state index contributed by atoms with van der Waals surface area (Å²) in [6.45, 7) is 4.02. The van der Waals surface area contributed by atoms with Gasteiger partial charge in [-0.25, -0.2) is 4.98 Å². The number of rotatable bonds is 2. The van der Waals surface area contributed by atoms with Crippen LogP contribution in [0.25, 0.3) is 22.4 Å². The zero-order valence-corrected chi connectivity index (χ0v) is 11.7. The molecule has 0 aliphatic carbocycles. The molecule has 0 saturated heterocycles. The molecule has 1 aromatic heterocycles. The molecule has 0 aliphatic rings. The van der Waals surface area contributed by atoms with Crippen molar-refractivity contribution in [3.05, 3.63) is 51.6 Å². The van der Waals surface area contributed by atoms with Crippen LogP contribution >= 0.6 is 0 Å². The average molecular weight is 282 g/mol. The highest BCUT2D eigenvalue weighted by Crippen LogP contribution is 2.30. The fourth-order valence-corrected chi connectivity index (χ4v) is 2.48. The minimum absolute atomic E-state index is 0.0283. The van der Waals surface area contributed by atoms with Crippen molar-refractivity contribution in [2.24, 2.45) is 0 Å². The van der Waals surface area contributed by atoms with Gasteiger partial charge >= 0.3 is 0 Å². The summed E-state index contributed by atoms with van der Waals surface area (Å²) in [6, 6.07) is 8.47. The van der Waals surface area contributed by atoms with Gasteiger partial charge in [-0.3, -0.25) is 10.1 Å². The van der Waals surface area contributed by atoms with Crippen LogP contribution in [0.2, 0.25) is 0 Å². The molecule has 0 unspecified atom stereocenters. The minimum Gasteiger partial charge on any atom is -0.398 e. The van der Waals surface area contributed by atoms with Crippen molar-refractivity contribution in [2.45, 2.75) is 13.8 Å². The summed E-state index contributed by atoms with van der Waals surface area (Å²) in [4.78, 5) is 18.1. The maximum absolute atomic E-state index is 10.8. The largest absolute Gasteiger partial charge is 0.398 e. The number of nitrogens with two attached hydrogens (primary N) is 1. The number of hydrogen-bond donors (Lipinski definition) is 2. The van der Waals surface area contributed by atoms with E-state index < -0.39 is 4.92 Å². The summed E-state index contributed by atoms with van der Waals surface area (Å²) in [5.74, 6) is 0.617. The number of nitrogens with one attached hydrogen (secondary N) is 1. The number of nitrogens with zero attached hydrogens (tertiary/aromatic N) is 2. The third-order valence-electron chi connectivity index (χ3n) is 3.42. The number of fused-ring (bicyclic) bond motifs is 1. The van der Waals surface area contributed by atoms with Gasteiger partial charge in [0.2, 0.25) is 0 Å². The van der Waals surface area contributed by atoms with E-state index in [1.165, 1.54) is 12.1 Å². The number of hydrogen-bond acceptors (Lipinski definition) is 4. The van der Waals surface area contributed by atoms with Gasteiger partial charge in [0, 0.05) is 23.4 Å². The number of anilines is 1. The van der Waals surface area contributed by atoms with Crippen molar-refractivity contribution >= 4 is 22.4 Å². The number of nitro groups is 1. The molecule has 3 rings (SSSR count). The number of imidazole rings is 1. The molecule has 2 aromatic carbocycles.